The van der Waals surface area contributed by atoms with Gasteiger partial charge in [0.25, 0.3) is 0 Å². The van der Waals surface area contributed by atoms with Gasteiger partial charge in [-0.2, -0.15) is 13.2 Å². The molecule has 1 N–H and O–H groups in total. The standard InChI is InChI=1S/C18H18F3N5O/c1-17(2,3)15-22-8-11(9-23-15)24-14(27)10-26-13-7-5-4-6-12(13)25-16(26)18(19,20)21/h4-9H,10H2,1-3H3,(H,24,27). The smallest absolute Gasteiger partial charge is 0.322 e. The minimum Gasteiger partial charge on any atom is -0.322 e. The monoisotopic (exact) mass is 377 g/mol. The van der Waals surface area contributed by atoms with Crippen molar-refractivity contribution in [3.8, 4) is 0 Å². The second-order valence-corrected chi connectivity index (χ2v) is 7.10. The van der Waals surface area contributed by atoms with Crippen LogP contribution in [0.2, 0.25) is 0 Å². The first-order valence-corrected chi connectivity index (χ1v) is 8.20. The summed E-state index contributed by atoms with van der Waals surface area (Å²) in [6, 6.07) is 6.15. The fraction of sp³-hybridized carbons (Fsp3) is 0.333. The number of aromatic nitrogens is 4. The fourth-order valence-corrected chi connectivity index (χ4v) is 2.58. The molecule has 0 unspecified atom stereocenters. The topological polar surface area (TPSA) is 72.7 Å². The molecule has 0 aliphatic heterocycles. The normalized spacial score (nSPS) is 12.4. The molecular weight excluding hydrogens is 359 g/mol. The minimum absolute atomic E-state index is 0.176. The van der Waals surface area contributed by atoms with Gasteiger partial charge in [-0.25, -0.2) is 15.0 Å². The largest absolute Gasteiger partial charge is 0.449 e. The zero-order chi connectivity index (χ0) is 19.8. The molecule has 0 saturated carbocycles. The van der Waals surface area contributed by atoms with Gasteiger partial charge in [0.05, 0.1) is 29.1 Å². The van der Waals surface area contributed by atoms with Gasteiger partial charge in [0, 0.05) is 5.41 Å². The van der Waals surface area contributed by atoms with Gasteiger partial charge in [0.2, 0.25) is 11.7 Å². The second-order valence-electron chi connectivity index (χ2n) is 7.10. The first kappa shape index (κ1) is 18.8. The van der Waals surface area contributed by atoms with Crippen LogP contribution in [-0.2, 0) is 22.9 Å². The number of carbonyl (C=O) groups excluding carboxylic acids is 1. The molecule has 0 atom stereocenters. The number of alkyl halides is 3. The van der Waals surface area contributed by atoms with Crippen molar-refractivity contribution in [2.24, 2.45) is 0 Å². The van der Waals surface area contributed by atoms with E-state index in [0.29, 0.717) is 11.5 Å². The summed E-state index contributed by atoms with van der Waals surface area (Å²) in [4.78, 5) is 24.3. The molecule has 9 heteroatoms. The highest BCUT2D eigenvalue weighted by Crippen LogP contribution is 2.31. The molecule has 0 saturated heterocycles. The average Bonchev–Trinajstić information content (AvgIpc) is 2.93. The number of para-hydroxylation sites is 2. The molecule has 2 heterocycles. The maximum Gasteiger partial charge on any atom is 0.449 e. The number of imidazole rings is 1. The maximum atomic E-state index is 13.3. The van der Waals surface area contributed by atoms with Crippen LogP contribution in [0, 0.1) is 0 Å². The van der Waals surface area contributed by atoms with E-state index < -0.39 is 24.5 Å². The Hall–Kier alpha value is -2.97. The van der Waals surface area contributed by atoms with Crippen molar-refractivity contribution in [2.75, 3.05) is 5.32 Å². The van der Waals surface area contributed by atoms with Crippen molar-refractivity contribution in [1.82, 2.24) is 19.5 Å². The van der Waals surface area contributed by atoms with Crippen molar-refractivity contribution < 1.29 is 18.0 Å². The number of rotatable bonds is 3. The molecule has 0 spiro atoms. The summed E-state index contributed by atoms with van der Waals surface area (Å²) < 4.78 is 40.7. The van der Waals surface area contributed by atoms with Crippen molar-refractivity contribution >= 4 is 22.6 Å². The van der Waals surface area contributed by atoms with Crippen LogP contribution in [0.15, 0.2) is 36.7 Å². The van der Waals surface area contributed by atoms with Gasteiger partial charge >= 0.3 is 6.18 Å². The third-order valence-electron chi connectivity index (χ3n) is 3.82. The number of fused-ring (bicyclic) bond motifs is 1. The van der Waals surface area contributed by atoms with Crippen LogP contribution in [0.1, 0.15) is 32.4 Å². The number of benzene rings is 1. The number of nitrogens with zero attached hydrogens (tertiary/aromatic N) is 4. The molecule has 6 nitrogen and oxygen atoms in total. The summed E-state index contributed by atoms with van der Waals surface area (Å²) in [5.41, 5.74) is 0.473. The molecule has 1 amide bonds. The zero-order valence-corrected chi connectivity index (χ0v) is 15.0. The van der Waals surface area contributed by atoms with E-state index in [4.69, 9.17) is 0 Å². The van der Waals surface area contributed by atoms with E-state index in [2.05, 4.69) is 20.3 Å². The van der Waals surface area contributed by atoms with E-state index in [0.717, 1.165) is 4.57 Å². The molecule has 0 aliphatic rings. The number of anilines is 1. The lowest BCUT2D eigenvalue weighted by atomic mass is 9.96. The quantitative estimate of drug-likeness (QED) is 0.754. The highest BCUT2D eigenvalue weighted by Gasteiger charge is 2.38. The van der Waals surface area contributed by atoms with Crippen molar-refractivity contribution in [1.29, 1.82) is 0 Å². The molecular formula is C18H18F3N5O. The lowest BCUT2D eigenvalue weighted by molar-refractivity contribution is -0.147. The molecule has 142 valence electrons. The van der Waals surface area contributed by atoms with Gasteiger partial charge in [-0.1, -0.05) is 32.9 Å². The van der Waals surface area contributed by atoms with E-state index in [1.165, 1.54) is 24.5 Å². The van der Waals surface area contributed by atoms with Crippen LogP contribution >= 0.6 is 0 Å². The Morgan fingerprint density at radius 2 is 1.74 bits per heavy atom. The van der Waals surface area contributed by atoms with Crippen LogP contribution in [-0.4, -0.2) is 25.4 Å². The maximum absolute atomic E-state index is 13.3. The highest BCUT2D eigenvalue weighted by atomic mass is 19.4. The number of carbonyl (C=O) groups is 1. The lowest BCUT2D eigenvalue weighted by Gasteiger charge is -2.16. The third kappa shape index (κ3) is 4.07. The van der Waals surface area contributed by atoms with Crippen LogP contribution in [0.25, 0.3) is 11.0 Å². The van der Waals surface area contributed by atoms with E-state index in [1.54, 1.807) is 12.1 Å². The molecule has 3 rings (SSSR count). The number of halogens is 3. The summed E-state index contributed by atoms with van der Waals surface area (Å²) in [5.74, 6) is -1.14. The molecule has 3 aromatic rings. The Morgan fingerprint density at radius 1 is 1.11 bits per heavy atom. The Morgan fingerprint density at radius 3 is 2.33 bits per heavy atom. The predicted octanol–water partition coefficient (Wildman–Crippen LogP) is 3.78. The van der Waals surface area contributed by atoms with Gasteiger partial charge in [0.1, 0.15) is 12.4 Å². The first-order valence-electron chi connectivity index (χ1n) is 8.20. The van der Waals surface area contributed by atoms with Gasteiger partial charge in [0.15, 0.2) is 0 Å². The molecule has 0 aliphatic carbocycles. The van der Waals surface area contributed by atoms with Gasteiger partial charge in [-0.05, 0) is 12.1 Å². The molecule has 0 fully saturated rings. The Balaban J connectivity index is 1.84. The number of amides is 1. The Kier molecular flexibility index (Phi) is 4.63. The van der Waals surface area contributed by atoms with Crippen molar-refractivity contribution in [3.05, 3.63) is 48.3 Å². The molecule has 0 bridgehead atoms. The van der Waals surface area contributed by atoms with Crippen LogP contribution < -0.4 is 5.32 Å². The summed E-state index contributed by atoms with van der Waals surface area (Å²) in [7, 11) is 0. The Labute approximate surface area is 153 Å². The third-order valence-corrected chi connectivity index (χ3v) is 3.82. The number of hydrogen-bond acceptors (Lipinski definition) is 4. The van der Waals surface area contributed by atoms with Crippen LogP contribution in [0.4, 0.5) is 18.9 Å². The fourth-order valence-electron chi connectivity index (χ4n) is 2.58. The summed E-state index contributed by atoms with van der Waals surface area (Å²) in [6.45, 7) is 5.31. The zero-order valence-electron chi connectivity index (χ0n) is 15.0. The molecule has 1 aromatic carbocycles. The number of hydrogen-bond donors (Lipinski definition) is 1. The van der Waals surface area contributed by atoms with Gasteiger partial charge < -0.3 is 9.88 Å². The molecule has 0 radical (unpaired) electrons. The van der Waals surface area contributed by atoms with Gasteiger partial charge in [-0.3, -0.25) is 4.79 Å². The molecule has 2 aromatic heterocycles. The van der Waals surface area contributed by atoms with Gasteiger partial charge in [-0.15, -0.1) is 0 Å². The van der Waals surface area contributed by atoms with Crippen molar-refractivity contribution in [3.63, 3.8) is 0 Å². The highest BCUT2D eigenvalue weighted by molar-refractivity contribution is 5.91. The van der Waals surface area contributed by atoms with Crippen molar-refractivity contribution in [2.45, 2.75) is 38.9 Å². The summed E-state index contributed by atoms with van der Waals surface area (Å²) in [5, 5.41) is 2.52. The van der Waals surface area contributed by atoms with E-state index in [-0.39, 0.29) is 16.4 Å². The minimum atomic E-state index is -4.67. The summed E-state index contributed by atoms with van der Waals surface area (Å²) in [6.07, 6.45) is -1.80. The number of nitrogens with one attached hydrogen (secondary N) is 1. The summed E-state index contributed by atoms with van der Waals surface area (Å²) >= 11 is 0. The SMILES string of the molecule is CC(C)(C)c1ncc(NC(=O)Cn2c(C(F)(F)F)nc3ccccc32)cn1. The average molecular weight is 377 g/mol. The van der Waals surface area contributed by atoms with E-state index in [1.807, 2.05) is 20.8 Å². The van der Waals surface area contributed by atoms with Crippen LogP contribution in [0.5, 0.6) is 0 Å². The molecule has 27 heavy (non-hydrogen) atoms. The predicted molar refractivity (Wildman–Crippen MR) is 94.1 cm³/mol. The Bertz CT molecular complexity index is 971. The second kappa shape index (κ2) is 6.64. The van der Waals surface area contributed by atoms with E-state index >= 15 is 0 Å². The first-order chi connectivity index (χ1) is 12.6. The lowest BCUT2D eigenvalue weighted by Crippen LogP contribution is -2.23. The van der Waals surface area contributed by atoms with E-state index in [9.17, 15) is 18.0 Å². The van der Waals surface area contributed by atoms with Crippen LogP contribution in [0.3, 0.4) is 0 Å².